The maximum atomic E-state index is 13.2. The van der Waals surface area contributed by atoms with Gasteiger partial charge in [-0.05, 0) is 44.0 Å². The fraction of sp³-hybridized carbons (Fsp3) is 0.364. The molecule has 0 saturated carbocycles. The van der Waals surface area contributed by atoms with E-state index in [-0.39, 0.29) is 11.9 Å². The van der Waals surface area contributed by atoms with Crippen molar-refractivity contribution in [1.82, 2.24) is 24.9 Å². The highest BCUT2D eigenvalue weighted by molar-refractivity contribution is 6.34. The monoisotopic (exact) mass is 425 g/mol. The van der Waals surface area contributed by atoms with Crippen LogP contribution in [0.5, 0.6) is 5.75 Å². The van der Waals surface area contributed by atoms with Crippen molar-refractivity contribution in [3.05, 3.63) is 64.1 Å². The van der Waals surface area contributed by atoms with Crippen LogP contribution in [0.25, 0.3) is 5.82 Å². The number of pyridine rings is 1. The first-order valence-corrected chi connectivity index (χ1v) is 10.5. The van der Waals surface area contributed by atoms with Gasteiger partial charge in [0.1, 0.15) is 5.69 Å². The summed E-state index contributed by atoms with van der Waals surface area (Å²) in [5.74, 6) is 1.19. The molecule has 1 atom stereocenters. The number of fused-ring (bicyclic) bond motifs is 1. The molecule has 30 heavy (non-hydrogen) atoms. The van der Waals surface area contributed by atoms with E-state index in [1.807, 2.05) is 38.1 Å². The second kappa shape index (κ2) is 8.44. The second-order valence-corrected chi connectivity index (χ2v) is 7.75. The van der Waals surface area contributed by atoms with Gasteiger partial charge in [0.2, 0.25) is 0 Å². The number of ether oxygens (including phenoxy) is 1. The van der Waals surface area contributed by atoms with E-state index in [9.17, 15) is 4.79 Å². The van der Waals surface area contributed by atoms with Crippen molar-refractivity contribution < 1.29 is 9.53 Å². The zero-order chi connectivity index (χ0) is 21.3. The summed E-state index contributed by atoms with van der Waals surface area (Å²) in [5.41, 5.74) is 3.11. The molecule has 0 spiro atoms. The molecule has 2 aromatic heterocycles. The Morgan fingerprint density at radius 2 is 2.13 bits per heavy atom. The quantitative estimate of drug-likeness (QED) is 0.613. The van der Waals surface area contributed by atoms with Crippen molar-refractivity contribution >= 4 is 17.5 Å². The zero-order valence-corrected chi connectivity index (χ0v) is 18.1. The van der Waals surface area contributed by atoms with E-state index in [0.29, 0.717) is 41.7 Å². The van der Waals surface area contributed by atoms with E-state index in [1.165, 1.54) is 0 Å². The van der Waals surface area contributed by atoms with Crippen LogP contribution >= 0.6 is 11.6 Å². The van der Waals surface area contributed by atoms with Crippen molar-refractivity contribution in [3.8, 4) is 11.6 Å². The number of aryl methyl sites for hydroxylation is 1. The number of benzene rings is 1. The maximum Gasteiger partial charge on any atom is 0.255 e. The molecular formula is C22H24ClN5O2. The van der Waals surface area contributed by atoms with E-state index in [1.54, 1.807) is 21.8 Å². The summed E-state index contributed by atoms with van der Waals surface area (Å²) in [7, 11) is 0. The first kappa shape index (κ1) is 20.3. The topological polar surface area (TPSA) is 73.1 Å². The van der Waals surface area contributed by atoms with Gasteiger partial charge in [0, 0.05) is 19.2 Å². The minimum absolute atomic E-state index is 0.0961. The van der Waals surface area contributed by atoms with Gasteiger partial charge in [0.15, 0.2) is 11.6 Å². The lowest BCUT2D eigenvalue weighted by molar-refractivity contribution is 0.0672. The highest BCUT2D eigenvalue weighted by atomic mass is 35.5. The lowest BCUT2D eigenvalue weighted by atomic mass is 10.0. The van der Waals surface area contributed by atoms with Gasteiger partial charge < -0.3 is 9.64 Å². The van der Waals surface area contributed by atoms with Gasteiger partial charge in [0.05, 0.1) is 28.9 Å². The molecule has 8 heteroatoms. The summed E-state index contributed by atoms with van der Waals surface area (Å²) in [6, 6.07) is 9.01. The Morgan fingerprint density at radius 3 is 2.93 bits per heavy atom. The average molecular weight is 426 g/mol. The van der Waals surface area contributed by atoms with E-state index in [4.69, 9.17) is 16.3 Å². The highest BCUT2D eigenvalue weighted by Gasteiger charge is 2.34. The van der Waals surface area contributed by atoms with Crippen LogP contribution < -0.4 is 4.74 Å². The predicted molar refractivity (Wildman–Crippen MR) is 114 cm³/mol. The molecule has 3 aromatic rings. The molecule has 0 N–H and O–H groups in total. The second-order valence-electron chi connectivity index (χ2n) is 7.37. The van der Waals surface area contributed by atoms with Gasteiger partial charge in [-0.15, -0.1) is 5.10 Å². The van der Waals surface area contributed by atoms with Crippen LogP contribution in [0.15, 0.2) is 36.5 Å². The van der Waals surface area contributed by atoms with Crippen molar-refractivity contribution in [1.29, 1.82) is 0 Å². The third-order valence-electron chi connectivity index (χ3n) is 5.34. The lowest BCUT2D eigenvalue weighted by Crippen LogP contribution is -2.39. The number of carbonyl (C=O) groups is 1. The molecule has 156 valence electrons. The summed E-state index contributed by atoms with van der Waals surface area (Å²) in [5, 5.41) is 9.23. The Bertz CT molecular complexity index is 1080. The van der Waals surface area contributed by atoms with Crippen molar-refractivity contribution in [2.24, 2.45) is 0 Å². The fourth-order valence-corrected chi connectivity index (χ4v) is 3.93. The zero-order valence-electron chi connectivity index (χ0n) is 17.3. The molecule has 1 unspecified atom stereocenters. The van der Waals surface area contributed by atoms with Gasteiger partial charge in [-0.2, -0.15) is 4.68 Å². The first-order chi connectivity index (χ1) is 14.5. The van der Waals surface area contributed by atoms with Crippen LogP contribution in [0.2, 0.25) is 5.02 Å². The Hall–Kier alpha value is -2.93. The molecular weight excluding hydrogens is 402 g/mol. The summed E-state index contributed by atoms with van der Waals surface area (Å²) in [6.45, 7) is 7.06. The molecule has 1 aliphatic heterocycles. The molecule has 4 rings (SSSR count). The Kier molecular flexibility index (Phi) is 5.72. The van der Waals surface area contributed by atoms with Gasteiger partial charge in [-0.1, -0.05) is 35.9 Å². The SMILES string of the molecule is CCCOc1cccnc1-n1nnc2c1CCN(C(=O)c1cccc(C)c1Cl)C2C. The number of carbonyl (C=O) groups excluding carboxylic acids is 1. The Balaban J connectivity index is 1.65. The molecule has 0 aliphatic carbocycles. The van der Waals surface area contributed by atoms with Crippen LogP contribution in [0.4, 0.5) is 0 Å². The molecule has 0 bridgehead atoms. The van der Waals surface area contributed by atoms with Gasteiger partial charge in [-0.25, -0.2) is 4.98 Å². The molecule has 0 saturated heterocycles. The summed E-state index contributed by atoms with van der Waals surface area (Å²) >= 11 is 6.40. The standard InChI is InChI=1S/C22H24ClN5O2/c1-4-13-30-18-9-6-11-24-21(18)28-17-10-12-27(15(3)20(17)25-26-28)22(29)16-8-5-7-14(2)19(16)23/h5-9,11,15H,4,10,12-13H2,1-3H3. The minimum atomic E-state index is -0.227. The molecule has 0 fully saturated rings. The molecule has 3 heterocycles. The summed E-state index contributed by atoms with van der Waals surface area (Å²) in [6.07, 6.45) is 3.23. The van der Waals surface area contributed by atoms with Gasteiger partial charge in [-0.3, -0.25) is 4.79 Å². The van der Waals surface area contributed by atoms with Crippen LogP contribution in [-0.4, -0.2) is 43.9 Å². The third kappa shape index (κ3) is 3.54. The van der Waals surface area contributed by atoms with Crippen molar-refractivity contribution in [3.63, 3.8) is 0 Å². The maximum absolute atomic E-state index is 13.2. The largest absolute Gasteiger partial charge is 0.490 e. The van der Waals surface area contributed by atoms with Crippen molar-refractivity contribution in [2.45, 2.75) is 39.7 Å². The number of rotatable bonds is 5. The first-order valence-electron chi connectivity index (χ1n) is 10.1. The summed E-state index contributed by atoms with van der Waals surface area (Å²) in [4.78, 5) is 19.5. The lowest BCUT2D eigenvalue weighted by Gasteiger charge is -2.33. The summed E-state index contributed by atoms with van der Waals surface area (Å²) < 4.78 is 7.57. The van der Waals surface area contributed by atoms with E-state index in [2.05, 4.69) is 22.2 Å². The molecule has 1 aliphatic rings. The number of hydrogen-bond acceptors (Lipinski definition) is 5. The Morgan fingerprint density at radius 1 is 1.30 bits per heavy atom. The van der Waals surface area contributed by atoms with Crippen LogP contribution in [0.3, 0.4) is 0 Å². The third-order valence-corrected chi connectivity index (χ3v) is 5.84. The molecule has 0 radical (unpaired) electrons. The minimum Gasteiger partial charge on any atom is -0.490 e. The number of nitrogens with zero attached hydrogens (tertiary/aromatic N) is 5. The van der Waals surface area contributed by atoms with Crippen LogP contribution in [0.1, 0.15) is 53.6 Å². The molecule has 1 aromatic carbocycles. The van der Waals surface area contributed by atoms with E-state index >= 15 is 0 Å². The average Bonchev–Trinajstić information content (AvgIpc) is 3.19. The van der Waals surface area contributed by atoms with Crippen molar-refractivity contribution in [2.75, 3.05) is 13.2 Å². The van der Waals surface area contributed by atoms with E-state index < -0.39 is 0 Å². The highest BCUT2D eigenvalue weighted by Crippen LogP contribution is 2.33. The number of hydrogen-bond donors (Lipinski definition) is 0. The number of amides is 1. The fourth-order valence-electron chi connectivity index (χ4n) is 3.72. The smallest absolute Gasteiger partial charge is 0.255 e. The van der Waals surface area contributed by atoms with Gasteiger partial charge >= 0.3 is 0 Å². The van der Waals surface area contributed by atoms with Crippen LogP contribution in [0, 0.1) is 6.92 Å². The number of aromatic nitrogens is 4. The van der Waals surface area contributed by atoms with E-state index in [0.717, 1.165) is 23.4 Å². The van der Waals surface area contributed by atoms with Gasteiger partial charge in [0.25, 0.3) is 5.91 Å². The van der Waals surface area contributed by atoms with Crippen LogP contribution in [-0.2, 0) is 6.42 Å². The Labute approximate surface area is 180 Å². The molecule has 7 nitrogen and oxygen atoms in total. The molecule has 1 amide bonds. The number of halogens is 1. The predicted octanol–water partition coefficient (Wildman–Crippen LogP) is 4.17. The normalized spacial score (nSPS) is 15.7.